The minimum absolute atomic E-state index is 0.161. The maximum atomic E-state index is 11.7. The van der Waals surface area contributed by atoms with E-state index in [1.807, 2.05) is 41.8 Å². The van der Waals surface area contributed by atoms with Gasteiger partial charge in [0.2, 0.25) is 0 Å². The van der Waals surface area contributed by atoms with Crippen LogP contribution in [0.25, 0.3) is 16.0 Å². The molecule has 0 saturated carbocycles. The van der Waals surface area contributed by atoms with E-state index in [4.69, 9.17) is 16.3 Å². The molecule has 0 atom stereocenters. The number of hydrogen-bond acceptors (Lipinski definition) is 4. The van der Waals surface area contributed by atoms with Crippen LogP contribution in [0, 0.1) is 6.92 Å². The van der Waals surface area contributed by atoms with Gasteiger partial charge in [-0.2, -0.15) is 0 Å². The number of ether oxygens (including phenoxy) is 1. The van der Waals surface area contributed by atoms with E-state index in [0.717, 1.165) is 38.5 Å². The summed E-state index contributed by atoms with van der Waals surface area (Å²) in [6, 6.07) is 15.0. The van der Waals surface area contributed by atoms with Gasteiger partial charge >= 0.3 is 5.97 Å². The number of fused-ring (bicyclic) bond motifs is 1. The summed E-state index contributed by atoms with van der Waals surface area (Å²) in [6.45, 7) is 2.31. The molecule has 4 aromatic rings. The van der Waals surface area contributed by atoms with Crippen LogP contribution in [-0.4, -0.2) is 20.6 Å². The molecule has 0 fully saturated rings. The Bertz CT molecular complexity index is 1150. The van der Waals surface area contributed by atoms with Crippen molar-refractivity contribution in [1.29, 1.82) is 0 Å². The van der Waals surface area contributed by atoms with Crippen LogP contribution >= 0.6 is 22.9 Å². The van der Waals surface area contributed by atoms with Gasteiger partial charge in [-0.3, -0.25) is 4.57 Å². The third-order valence-corrected chi connectivity index (χ3v) is 5.61. The quantitative estimate of drug-likeness (QED) is 0.493. The van der Waals surface area contributed by atoms with Crippen molar-refractivity contribution in [3.63, 3.8) is 0 Å². The van der Waals surface area contributed by atoms with E-state index in [-0.39, 0.29) is 4.88 Å². The van der Waals surface area contributed by atoms with Crippen molar-refractivity contribution in [2.24, 2.45) is 0 Å². The monoisotopic (exact) mass is 398 g/mol. The average Bonchev–Trinajstić information content (AvgIpc) is 3.24. The zero-order valence-corrected chi connectivity index (χ0v) is 15.9. The van der Waals surface area contributed by atoms with E-state index >= 15 is 0 Å². The second-order valence-electron chi connectivity index (χ2n) is 6.05. The number of rotatable bonds is 5. The summed E-state index contributed by atoms with van der Waals surface area (Å²) >= 11 is 7.16. The van der Waals surface area contributed by atoms with Crippen LogP contribution < -0.4 is 4.74 Å². The molecule has 0 radical (unpaired) electrons. The Kier molecular flexibility index (Phi) is 4.59. The highest BCUT2D eigenvalue weighted by Gasteiger charge is 2.19. The van der Waals surface area contributed by atoms with Gasteiger partial charge in [0.25, 0.3) is 0 Å². The minimum atomic E-state index is -1.02. The number of carbonyl (C=O) groups is 1. The Balaban J connectivity index is 1.70. The molecule has 2 aromatic heterocycles. The Morgan fingerprint density at radius 1 is 1.26 bits per heavy atom. The summed E-state index contributed by atoms with van der Waals surface area (Å²) in [5.74, 6) is -0.667. The number of halogens is 1. The lowest BCUT2D eigenvalue weighted by atomic mass is 10.1. The van der Waals surface area contributed by atoms with E-state index in [1.165, 1.54) is 0 Å². The van der Waals surface area contributed by atoms with Crippen molar-refractivity contribution < 1.29 is 14.6 Å². The van der Waals surface area contributed by atoms with Crippen molar-refractivity contribution in [2.45, 2.75) is 13.5 Å². The normalized spacial score (nSPS) is 11.0. The standard InChI is InChI=1S/C20H15ClN2O3S/c1-12-4-2-3-5-13(12)10-26-17-9-18(27-19(17)20(24)25)23-11-22-15-8-14(21)6-7-16(15)23/h2-9,11H,10H2,1H3,(H,24,25). The SMILES string of the molecule is Cc1ccccc1COc1cc(-n2cnc3cc(Cl)ccc32)sc1C(=O)O. The number of aryl methyl sites for hydroxylation is 1. The third-order valence-electron chi connectivity index (χ3n) is 4.27. The summed E-state index contributed by atoms with van der Waals surface area (Å²) in [7, 11) is 0. The summed E-state index contributed by atoms with van der Waals surface area (Å²) in [5.41, 5.74) is 3.71. The predicted molar refractivity (Wildman–Crippen MR) is 106 cm³/mol. The van der Waals surface area contributed by atoms with Gasteiger partial charge in [0.05, 0.1) is 11.0 Å². The fourth-order valence-electron chi connectivity index (χ4n) is 2.83. The fraction of sp³-hybridized carbons (Fsp3) is 0.100. The van der Waals surface area contributed by atoms with Crippen LogP contribution in [0.3, 0.4) is 0 Å². The smallest absolute Gasteiger partial charge is 0.349 e. The lowest BCUT2D eigenvalue weighted by Gasteiger charge is -2.07. The lowest BCUT2D eigenvalue weighted by Crippen LogP contribution is -2.01. The number of nitrogens with zero attached hydrogens (tertiary/aromatic N) is 2. The third kappa shape index (κ3) is 3.41. The number of benzene rings is 2. The van der Waals surface area contributed by atoms with Crippen LogP contribution in [-0.2, 0) is 6.61 Å². The number of aromatic nitrogens is 2. The van der Waals surface area contributed by atoms with Crippen molar-refractivity contribution in [1.82, 2.24) is 9.55 Å². The molecule has 136 valence electrons. The zero-order valence-electron chi connectivity index (χ0n) is 14.3. The molecule has 0 unspecified atom stereocenters. The molecule has 0 aliphatic rings. The number of thiophene rings is 1. The maximum Gasteiger partial charge on any atom is 0.349 e. The summed E-state index contributed by atoms with van der Waals surface area (Å²) in [5, 5.41) is 10.9. The van der Waals surface area contributed by atoms with Crippen LogP contribution in [0.5, 0.6) is 5.75 Å². The number of hydrogen-bond donors (Lipinski definition) is 1. The van der Waals surface area contributed by atoms with Gasteiger partial charge in [-0.15, -0.1) is 11.3 Å². The van der Waals surface area contributed by atoms with Gasteiger partial charge in [-0.05, 0) is 36.2 Å². The molecule has 2 heterocycles. The molecule has 0 saturated heterocycles. The maximum absolute atomic E-state index is 11.7. The first-order valence-corrected chi connectivity index (χ1v) is 9.40. The lowest BCUT2D eigenvalue weighted by molar-refractivity contribution is 0.0697. The van der Waals surface area contributed by atoms with Crippen LogP contribution in [0.1, 0.15) is 20.8 Å². The minimum Gasteiger partial charge on any atom is -0.487 e. The van der Waals surface area contributed by atoms with E-state index in [0.29, 0.717) is 17.4 Å². The highest BCUT2D eigenvalue weighted by Crippen LogP contribution is 2.34. The number of carboxylic acid groups (broad SMARTS) is 1. The summed E-state index contributed by atoms with van der Waals surface area (Å²) < 4.78 is 7.69. The van der Waals surface area contributed by atoms with Gasteiger partial charge in [0, 0.05) is 11.1 Å². The average molecular weight is 399 g/mol. The molecule has 1 N–H and O–H groups in total. The van der Waals surface area contributed by atoms with E-state index in [9.17, 15) is 9.90 Å². The van der Waals surface area contributed by atoms with Crippen LogP contribution in [0.15, 0.2) is 54.9 Å². The van der Waals surface area contributed by atoms with Gasteiger partial charge in [-0.1, -0.05) is 35.9 Å². The zero-order chi connectivity index (χ0) is 19.0. The Hall–Kier alpha value is -2.83. The van der Waals surface area contributed by atoms with Crippen molar-refractivity contribution in [3.8, 4) is 10.8 Å². The topological polar surface area (TPSA) is 64.4 Å². The highest BCUT2D eigenvalue weighted by molar-refractivity contribution is 7.16. The molecule has 2 aromatic carbocycles. The number of imidazole rings is 1. The Labute approximate surface area is 164 Å². The second-order valence-corrected chi connectivity index (χ2v) is 7.51. The molecule has 0 bridgehead atoms. The van der Waals surface area contributed by atoms with Crippen molar-refractivity contribution in [2.75, 3.05) is 0 Å². The van der Waals surface area contributed by atoms with Crippen LogP contribution in [0.2, 0.25) is 5.02 Å². The molecule has 0 spiro atoms. The van der Waals surface area contributed by atoms with E-state index < -0.39 is 5.97 Å². The van der Waals surface area contributed by atoms with E-state index in [1.54, 1.807) is 24.5 Å². The van der Waals surface area contributed by atoms with Gasteiger partial charge in [-0.25, -0.2) is 9.78 Å². The van der Waals surface area contributed by atoms with Crippen molar-refractivity contribution >= 4 is 39.9 Å². The molecule has 0 amide bonds. The van der Waals surface area contributed by atoms with Gasteiger partial charge < -0.3 is 9.84 Å². The Morgan fingerprint density at radius 2 is 2.07 bits per heavy atom. The largest absolute Gasteiger partial charge is 0.487 e. The number of aromatic carboxylic acids is 1. The van der Waals surface area contributed by atoms with Gasteiger partial charge in [0.1, 0.15) is 23.7 Å². The van der Waals surface area contributed by atoms with Crippen LogP contribution in [0.4, 0.5) is 0 Å². The molecule has 0 aliphatic heterocycles. The first-order valence-electron chi connectivity index (χ1n) is 8.20. The first kappa shape index (κ1) is 17.6. The molecule has 4 rings (SSSR count). The first-order chi connectivity index (χ1) is 13.0. The summed E-state index contributed by atoms with van der Waals surface area (Å²) in [6.07, 6.45) is 1.66. The summed E-state index contributed by atoms with van der Waals surface area (Å²) in [4.78, 5) is 16.2. The Morgan fingerprint density at radius 3 is 2.85 bits per heavy atom. The highest BCUT2D eigenvalue weighted by atomic mass is 35.5. The molecule has 27 heavy (non-hydrogen) atoms. The molecular weight excluding hydrogens is 384 g/mol. The number of carboxylic acids is 1. The molecule has 5 nitrogen and oxygen atoms in total. The molecule has 7 heteroatoms. The second kappa shape index (κ2) is 7.06. The van der Waals surface area contributed by atoms with Crippen molar-refractivity contribution in [3.05, 3.63) is 75.9 Å². The van der Waals surface area contributed by atoms with Gasteiger partial charge in [0.15, 0.2) is 4.88 Å². The van der Waals surface area contributed by atoms with E-state index in [2.05, 4.69) is 4.98 Å². The molecule has 0 aliphatic carbocycles. The fourth-order valence-corrected chi connectivity index (χ4v) is 3.92. The molecular formula is C20H15ClN2O3S. The predicted octanol–water partition coefficient (Wildman–Crippen LogP) is 5.33.